The molecule has 0 atom stereocenters. The molecule has 0 bridgehead atoms. The fourth-order valence-corrected chi connectivity index (χ4v) is 3.09. The first kappa shape index (κ1) is 11.0. The van der Waals surface area contributed by atoms with Gasteiger partial charge in [0.1, 0.15) is 0 Å². The summed E-state index contributed by atoms with van der Waals surface area (Å²) >= 11 is 0. The van der Waals surface area contributed by atoms with E-state index in [1.54, 1.807) is 0 Å². The third-order valence-corrected chi connectivity index (χ3v) is 4.34. The Balaban J connectivity index is 1.45. The average molecular weight is 225 g/mol. The highest BCUT2D eigenvalue weighted by atomic mass is 16.5. The fraction of sp³-hybridized carbons (Fsp3) is 1.00. The number of likely N-dealkylation sites (tertiary alicyclic amines) is 1. The summed E-state index contributed by atoms with van der Waals surface area (Å²) in [6, 6.07) is 1.67. The van der Waals surface area contributed by atoms with Crippen LogP contribution in [-0.2, 0) is 4.74 Å². The zero-order chi connectivity index (χ0) is 10.8. The predicted octanol–water partition coefficient (Wildman–Crippen LogP) is -0.245. The van der Waals surface area contributed by atoms with Gasteiger partial charge >= 0.3 is 0 Å². The Morgan fingerprint density at radius 1 is 0.812 bits per heavy atom. The maximum Gasteiger partial charge on any atom is 0.0594 e. The SMILES string of the molecule is C1CN(C2CCN(C3CNC3)CC2)CCO1. The maximum absolute atomic E-state index is 5.42. The second kappa shape index (κ2) is 5.00. The van der Waals surface area contributed by atoms with Crippen LogP contribution in [0, 0.1) is 0 Å². The van der Waals surface area contributed by atoms with Crippen LogP contribution < -0.4 is 5.32 Å². The van der Waals surface area contributed by atoms with E-state index < -0.39 is 0 Å². The molecule has 0 saturated carbocycles. The molecule has 3 aliphatic rings. The van der Waals surface area contributed by atoms with Gasteiger partial charge in [-0.15, -0.1) is 0 Å². The van der Waals surface area contributed by atoms with Gasteiger partial charge in [-0.3, -0.25) is 9.80 Å². The van der Waals surface area contributed by atoms with Gasteiger partial charge in [0.05, 0.1) is 13.2 Å². The number of morpholine rings is 1. The normalized spacial score (nSPS) is 31.5. The molecule has 0 spiro atoms. The van der Waals surface area contributed by atoms with Gasteiger partial charge < -0.3 is 10.1 Å². The molecule has 16 heavy (non-hydrogen) atoms. The Labute approximate surface area is 97.9 Å². The fourth-order valence-electron chi connectivity index (χ4n) is 3.09. The van der Waals surface area contributed by atoms with Gasteiger partial charge in [0.25, 0.3) is 0 Å². The molecule has 3 fully saturated rings. The molecule has 4 heteroatoms. The zero-order valence-corrected chi connectivity index (χ0v) is 10.0. The van der Waals surface area contributed by atoms with Gasteiger partial charge in [0.2, 0.25) is 0 Å². The average Bonchev–Trinajstić information content (AvgIpc) is 2.29. The molecule has 3 saturated heterocycles. The quantitative estimate of drug-likeness (QED) is 0.702. The molecule has 1 N–H and O–H groups in total. The van der Waals surface area contributed by atoms with Crippen LogP contribution in [-0.4, -0.2) is 74.4 Å². The van der Waals surface area contributed by atoms with Crippen molar-refractivity contribution in [2.45, 2.75) is 24.9 Å². The Morgan fingerprint density at radius 2 is 1.44 bits per heavy atom. The first-order valence-corrected chi connectivity index (χ1v) is 6.70. The smallest absolute Gasteiger partial charge is 0.0594 e. The molecular formula is C12H23N3O. The van der Waals surface area contributed by atoms with Gasteiger partial charge in [-0.1, -0.05) is 0 Å². The Hall–Kier alpha value is -0.160. The molecule has 0 aliphatic carbocycles. The number of rotatable bonds is 2. The van der Waals surface area contributed by atoms with Crippen LogP contribution in [0.1, 0.15) is 12.8 Å². The molecule has 0 aromatic heterocycles. The van der Waals surface area contributed by atoms with E-state index in [1.165, 1.54) is 39.0 Å². The van der Waals surface area contributed by atoms with Gasteiger partial charge in [-0.05, 0) is 12.8 Å². The minimum atomic E-state index is 0.827. The molecule has 4 nitrogen and oxygen atoms in total. The third kappa shape index (κ3) is 2.25. The summed E-state index contributed by atoms with van der Waals surface area (Å²) < 4.78 is 5.42. The van der Waals surface area contributed by atoms with Crippen molar-refractivity contribution in [3.63, 3.8) is 0 Å². The molecule has 3 heterocycles. The largest absolute Gasteiger partial charge is 0.379 e. The molecule has 3 aliphatic heterocycles. The number of ether oxygens (including phenoxy) is 1. The van der Waals surface area contributed by atoms with Gasteiger partial charge in [0.15, 0.2) is 0 Å². The second-order valence-corrected chi connectivity index (χ2v) is 5.23. The number of piperidine rings is 1. The van der Waals surface area contributed by atoms with E-state index in [4.69, 9.17) is 4.74 Å². The predicted molar refractivity (Wildman–Crippen MR) is 63.6 cm³/mol. The molecule has 92 valence electrons. The summed E-state index contributed by atoms with van der Waals surface area (Å²) in [5.74, 6) is 0. The second-order valence-electron chi connectivity index (χ2n) is 5.23. The number of hydrogen-bond acceptors (Lipinski definition) is 4. The first-order chi connectivity index (χ1) is 7.93. The summed E-state index contributed by atoms with van der Waals surface area (Å²) in [6.45, 7) is 9.19. The summed E-state index contributed by atoms with van der Waals surface area (Å²) in [4.78, 5) is 5.31. The zero-order valence-electron chi connectivity index (χ0n) is 10.0. The summed E-state index contributed by atoms with van der Waals surface area (Å²) in [6.07, 6.45) is 2.72. The molecule has 3 rings (SSSR count). The van der Waals surface area contributed by atoms with E-state index in [1.807, 2.05) is 0 Å². The van der Waals surface area contributed by atoms with Crippen molar-refractivity contribution >= 4 is 0 Å². The van der Waals surface area contributed by atoms with Gasteiger partial charge in [0, 0.05) is 51.4 Å². The van der Waals surface area contributed by atoms with E-state index in [-0.39, 0.29) is 0 Å². The number of nitrogens with zero attached hydrogens (tertiary/aromatic N) is 2. The molecule has 0 aromatic carbocycles. The molecule has 0 unspecified atom stereocenters. The topological polar surface area (TPSA) is 27.7 Å². The maximum atomic E-state index is 5.42. The molecule has 0 aromatic rings. The number of hydrogen-bond donors (Lipinski definition) is 1. The third-order valence-electron chi connectivity index (χ3n) is 4.34. The van der Waals surface area contributed by atoms with E-state index in [0.717, 1.165) is 38.4 Å². The van der Waals surface area contributed by atoms with Crippen molar-refractivity contribution in [3.8, 4) is 0 Å². The lowest BCUT2D eigenvalue weighted by Crippen LogP contribution is -2.60. The van der Waals surface area contributed by atoms with Crippen LogP contribution in [0.5, 0.6) is 0 Å². The Morgan fingerprint density at radius 3 is 2.00 bits per heavy atom. The lowest BCUT2D eigenvalue weighted by atomic mass is 9.99. The monoisotopic (exact) mass is 225 g/mol. The highest BCUT2D eigenvalue weighted by Crippen LogP contribution is 2.20. The highest BCUT2D eigenvalue weighted by molar-refractivity contribution is 4.89. The number of nitrogens with one attached hydrogen (secondary N) is 1. The van der Waals surface area contributed by atoms with Crippen LogP contribution >= 0.6 is 0 Å². The lowest BCUT2D eigenvalue weighted by Gasteiger charge is -2.45. The minimum Gasteiger partial charge on any atom is -0.379 e. The molecule has 0 amide bonds. The van der Waals surface area contributed by atoms with Crippen molar-refractivity contribution < 1.29 is 4.74 Å². The lowest BCUT2D eigenvalue weighted by molar-refractivity contribution is -0.00612. The van der Waals surface area contributed by atoms with E-state index in [9.17, 15) is 0 Å². The Bertz CT molecular complexity index is 218. The minimum absolute atomic E-state index is 0.827. The van der Waals surface area contributed by atoms with Crippen molar-refractivity contribution in [2.24, 2.45) is 0 Å². The van der Waals surface area contributed by atoms with E-state index >= 15 is 0 Å². The summed E-state index contributed by atoms with van der Waals surface area (Å²) in [5.41, 5.74) is 0. The van der Waals surface area contributed by atoms with Gasteiger partial charge in [-0.25, -0.2) is 0 Å². The standard InChI is InChI=1S/C12H23N3O/c1-3-14(12-9-13-10-12)4-2-11(1)15-5-7-16-8-6-15/h11-13H,1-10H2. The van der Waals surface area contributed by atoms with Crippen molar-refractivity contribution in [1.82, 2.24) is 15.1 Å². The summed E-state index contributed by atoms with van der Waals surface area (Å²) in [5, 5.41) is 3.36. The van der Waals surface area contributed by atoms with Crippen LogP contribution in [0.4, 0.5) is 0 Å². The van der Waals surface area contributed by atoms with Crippen molar-refractivity contribution in [3.05, 3.63) is 0 Å². The molecular weight excluding hydrogens is 202 g/mol. The van der Waals surface area contributed by atoms with Crippen LogP contribution in [0.3, 0.4) is 0 Å². The van der Waals surface area contributed by atoms with Crippen LogP contribution in [0.15, 0.2) is 0 Å². The first-order valence-electron chi connectivity index (χ1n) is 6.70. The van der Waals surface area contributed by atoms with Crippen LogP contribution in [0.25, 0.3) is 0 Å². The highest BCUT2D eigenvalue weighted by Gasteiger charge is 2.30. The summed E-state index contributed by atoms with van der Waals surface area (Å²) in [7, 11) is 0. The molecule has 0 radical (unpaired) electrons. The van der Waals surface area contributed by atoms with E-state index in [2.05, 4.69) is 15.1 Å². The van der Waals surface area contributed by atoms with Gasteiger partial charge in [-0.2, -0.15) is 0 Å². The van der Waals surface area contributed by atoms with E-state index in [0.29, 0.717) is 0 Å². The Kier molecular flexibility index (Phi) is 3.43. The van der Waals surface area contributed by atoms with Crippen molar-refractivity contribution in [2.75, 3.05) is 52.5 Å². The van der Waals surface area contributed by atoms with Crippen molar-refractivity contribution in [1.29, 1.82) is 0 Å². The van der Waals surface area contributed by atoms with Crippen LogP contribution in [0.2, 0.25) is 0 Å².